The Hall–Kier alpha value is -3.20. The lowest BCUT2D eigenvalue weighted by Gasteiger charge is -2.14. The molecule has 0 aliphatic carbocycles. The lowest BCUT2D eigenvalue weighted by Crippen LogP contribution is -2.30. The Morgan fingerprint density at radius 1 is 1.26 bits per heavy atom. The third-order valence-electron chi connectivity index (χ3n) is 3.63. The van der Waals surface area contributed by atoms with Crippen molar-refractivity contribution in [2.75, 3.05) is 0 Å². The van der Waals surface area contributed by atoms with E-state index in [0.29, 0.717) is 5.56 Å². The lowest BCUT2D eigenvalue weighted by atomic mass is 10.1. The maximum absolute atomic E-state index is 12.2. The van der Waals surface area contributed by atoms with E-state index in [2.05, 4.69) is 21.7 Å². The summed E-state index contributed by atoms with van der Waals surface area (Å²) < 4.78 is 1.58. The summed E-state index contributed by atoms with van der Waals surface area (Å²) in [5, 5.41) is 19.8. The number of carbonyl (C=O) groups excluding carboxylic acids is 1. The fraction of sp³-hybridized carbons (Fsp3) is 0.176. The van der Waals surface area contributed by atoms with Gasteiger partial charge in [-0.15, -0.1) is 5.10 Å². The van der Waals surface area contributed by atoms with E-state index >= 15 is 0 Å². The van der Waals surface area contributed by atoms with Gasteiger partial charge in [-0.2, -0.15) is 5.26 Å². The summed E-state index contributed by atoms with van der Waals surface area (Å²) in [5.74, 6) is -0.141. The number of para-hydroxylation sites is 1. The number of hydrogen-bond acceptors (Lipinski definition) is 4. The summed E-state index contributed by atoms with van der Waals surface area (Å²) in [4.78, 5) is 12.2. The van der Waals surface area contributed by atoms with Crippen molar-refractivity contribution in [3.05, 3.63) is 59.7 Å². The average molecular weight is 305 g/mol. The zero-order valence-electron chi connectivity index (χ0n) is 12.6. The normalized spacial score (nSPS) is 11.8. The van der Waals surface area contributed by atoms with Crippen LogP contribution >= 0.6 is 0 Å². The van der Waals surface area contributed by atoms with Gasteiger partial charge in [0.15, 0.2) is 0 Å². The summed E-state index contributed by atoms with van der Waals surface area (Å²) >= 11 is 0. The van der Waals surface area contributed by atoms with Gasteiger partial charge in [0.25, 0.3) is 0 Å². The van der Waals surface area contributed by atoms with Gasteiger partial charge in [-0.3, -0.25) is 4.79 Å². The maximum atomic E-state index is 12.2. The minimum atomic E-state index is -0.148. The summed E-state index contributed by atoms with van der Waals surface area (Å²) in [7, 11) is 0. The molecule has 1 amide bonds. The highest BCUT2D eigenvalue weighted by Crippen LogP contribution is 2.14. The number of rotatable bonds is 4. The molecule has 3 rings (SSSR count). The van der Waals surface area contributed by atoms with Crippen molar-refractivity contribution >= 4 is 16.9 Å². The average Bonchev–Trinajstić information content (AvgIpc) is 2.98. The van der Waals surface area contributed by atoms with E-state index in [1.54, 1.807) is 16.8 Å². The van der Waals surface area contributed by atoms with Crippen molar-refractivity contribution < 1.29 is 4.79 Å². The number of fused-ring (bicyclic) bond motifs is 1. The second-order valence-electron chi connectivity index (χ2n) is 5.26. The second kappa shape index (κ2) is 6.28. The molecular formula is C17H15N5O. The van der Waals surface area contributed by atoms with Crippen LogP contribution in [0.3, 0.4) is 0 Å². The molecule has 0 spiro atoms. The molecule has 0 aliphatic rings. The third kappa shape index (κ3) is 3.19. The zero-order valence-corrected chi connectivity index (χ0v) is 12.6. The summed E-state index contributed by atoms with van der Waals surface area (Å²) in [6.45, 7) is 2.01. The van der Waals surface area contributed by atoms with Gasteiger partial charge in [-0.25, -0.2) is 4.68 Å². The summed E-state index contributed by atoms with van der Waals surface area (Å²) in [5.41, 5.74) is 3.14. The Kier molecular flexibility index (Phi) is 4.02. The smallest absolute Gasteiger partial charge is 0.242 e. The molecule has 1 N–H and O–H groups in total. The molecule has 1 unspecified atom stereocenters. The van der Waals surface area contributed by atoms with Crippen LogP contribution in [0.5, 0.6) is 0 Å². The fourth-order valence-corrected chi connectivity index (χ4v) is 2.39. The number of benzene rings is 2. The summed E-state index contributed by atoms with van der Waals surface area (Å²) in [6.07, 6.45) is 0. The third-order valence-corrected chi connectivity index (χ3v) is 3.63. The van der Waals surface area contributed by atoms with Gasteiger partial charge < -0.3 is 5.32 Å². The SMILES string of the molecule is CC(NC(=O)Cn1nnc2ccccc21)c1ccc(C#N)cc1. The van der Waals surface area contributed by atoms with Gasteiger partial charge in [0.1, 0.15) is 12.1 Å². The van der Waals surface area contributed by atoms with Crippen LogP contribution < -0.4 is 5.32 Å². The van der Waals surface area contributed by atoms with Gasteiger partial charge >= 0.3 is 0 Å². The van der Waals surface area contributed by atoms with Crippen molar-refractivity contribution in [2.45, 2.75) is 19.5 Å². The van der Waals surface area contributed by atoms with Gasteiger partial charge in [0.05, 0.1) is 23.2 Å². The highest BCUT2D eigenvalue weighted by atomic mass is 16.2. The number of nitrogens with one attached hydrogen (secondary N) is 1. The van der Waals surface area contributed by atoms with Crippen molar-refractivity contribution in [3.8, 4) is 6.07 Å². The molecule has 0 radical (unpaired) electrons. The van der Waals surface area contributed by atoms with Crippen LogP contribution in [0.2, 0.25) is 0 Å². The molecule has 23 heavy (non-hydrogen) atoms. The predicted molar refractivity (Wildman–Crippen MR) is 85.2 cm³/mol. The number of nitrogens with zero attached hydrogens (tertiary/aromatic N) is 4. The number of hydrogen-bond donors (Lipinski definition) is 1. The molecule has 3 aromatic rings. The highest BCUT2D eigenvalue weighted by Gasteiger charge is 2.12. The van der Waals surface area contributed by atoms with E-state index in [0.717, 1.165) is 16.6 Å². The number of amides is 1. The Balaban J connectivity index is 1.67. The maximum Gasteiger partial charge on any atom is 0.242 e. The molecule has 2 aromatic carbocycles. The molecular weight excluding hydrogens is 290 g/mol. The minimum absolute atomic E-state index is 0.112. The molecule has 114 valence electrons. The van der Waals surface area contributed by atoms with E-state index in [1.807, 2.05) is 43.3 Å². The van der Waals surface area contributed by atoms with Gasteiger partial charge in [-0.1, -0.05) is 29.5 Å². The molecule has 1 atom stereocenters. The van der Waals surface area contributed by atoms with E-state index < -0.39 is 0 Å². The van der Waals surface area contributed by atoms with Crippen LogP contribution in [-0.4, -0.2) is 20.9 Å². The van der Waals surface area contributed by atoms with Gasteiger partial charge in [-0.05, 0) is 36.8 Å². The van der Waals surface area contributed by atoms with Crippen LogP contribution in [0.4, 0.5) is 0 Å². The standard InChI is InChI=1S/C17H15N5O/c1-12(14-8-6-13(10-18)7-9-14)19-17(23)11-22-16-5-3-2-4-15(16)20-21-22/h2-9,12H,11H2,1H3,(H,19,23). The molecule has 0 saturated carbocycles. The Labute approximate surface area is 133 Å². The van der Waals surface area contributed by atoms with E-state index in [9.17, 15) is 4.79 Å². The number of aromatic nitrogens is 3. The molecule has 0 aliphatic heterocycles. The van der Waals surface area contributed by atoms with Crippen LogP contribution in [0, 0.1) is 11.3 Å². The molecule has 0 fully saturated rings. The minimum Gasteiger partial charge on any atom is -0.348 e. The quantitative estimate of drug-likeness (QED) is 0.800. The zero-order chi connectivity index (χ0) is 16.2. The van der Waals surface area contributed by atoms with Crippen molar-refractivity contribution in [3.63, 3.8) is 0 Å². The van der Waals surface area contributed by atoms with Crippen LogP contribution in [-0.2, 0) is 11.3 Å². The first-order valence-corrected chi connectivity index (χ1v) is 7.25. The first-order chi connectivity index (χ1) is 11.2. The Morgan fingerprint density at radius 3 is 2.74 bits per heavy atom. The first kappa shape index (κ1) is 14.7. The Morgan fingerprint density at radius 2 is 2.00 bits per heavy atom. The molecule has 0 bridgehead atoms. The largest absolute Gasteiger partial charge is 0.348 e. The van der Waals surface area contributed by atoms with E-state index in [4.69, 9.17) is 5.26 Å². The number of nitriles is 1. The predicted octanol–water partition coefficient (Wildman–Crippen LogP) is 2.18. The Bertz CT molecular complexity index is 876. The monoisotopic (exact) mass is 305 g/mol. The molecule has 6 nitrogen and oxygen atoms in total. The van der Waals surface area contributed by atoms with Crippen LogP contribution in [0.1, 0.15) is 24.1 Å². The molecule has 0 saturated heterocycles. The molecule has 1 aromatic heterocycles. The first-order valence-electron chi connectivity index (χ1n) is 7.25. The number of carbonyl (C=O) groups is 1. The van der Waals surface area contributed by atoms with Crippen molar-refractivity contribution in [2.24, 2.45) is 0 Å². The van der Waals surface area contributed by atoms with Gasteiger partial charge in [0.2, 0.25) is 5.91 Å². The van der Waals surface area contributed by atoms with Crippen LogP contribution in [0.25, 0.3) is 11.0 Å². The van der Waals surface area contributed by atoms with Gasteiger partial charge in [0, 0.05) is 0 Å². The summed E-state index contributed by atoms with van der Waals surface area (Å²) in [6, 6.07) is 16.6. The van der Waals surface area contributed by atoms with E-state index in [-0.39, 0.29) is 18.5 Å². The van der Waals surface area contributed by atoms with E-state index in [1.165, 1.54) is 0 Å². The van der Waals surface area contributed by atoms with Crippen molar-refractivity contribution in [1.82, 2.24) is 20.3 Å². The topological polar surface area (TPSA) is 83.6 Å². The highest BCUT2D eigenvalue weighted by molar-refractivity contribution is 5.80. The molecule has 6 heteroatoms. The fourth-order valence-electron chi connectivity index (χ4n) is 2.39. The molecule has 1 heterocycles. The van der Waals surface area contributed by atoms with Crippen molar-refractivity contribution in [1.29, 1.82) is 5.26 Å². The van der Waals surface area contributed by atoms with Crippen LogP contribution in [0.15, 0.2) is 48.5 Å². The second-order valence-corrected chi connectivity index (χ2v) is 5.26. The lowest BCUT2D eigenvalue weighted by molar-refractivity contribution is -0.122.